The second kappa shape index (κ2) is 6.15. The highest BCUT2D eigenvalue weighted by Gasteiger charge is 2.27. The first kappa shape index (κ1) is 14.0. The lowest BCUT2D eigenvalue weighted by molar-refractivity contribution is -0.123. The number of carbonyl (C=O) groups excluding carboxylic acids is 1. The number of amides is 1. The zero-order chi connectivity index (χ0) is 13.8. The molecule has 0 saturated carbocycles. The standard InChI is InChI=1S/C15H20N2OS/c1-2-13(14(16)19)17-15(18)12-9-5-7-10-6-3-4-8-11(10)12/h3-4,6,8,12-13H,2,5,7,9H2,1H3,(H2,16,19)(H,17,18). The molecule has 2 atom stereocenters. The number of carbonyl (C=O) groups is 1. The number of nitrogens with one attached hydrogen (secondary N) is 1. The fourth-order valence-electron chi connectivity index (χ4n) is 2.67. The van der Waals surface area contributed by atoms with Gasteiger partial charge in [-0.15, -0.1) is 0 Å². The molecule has 2 unspecified atom stereocenters. The summed E-state index contributed by atoms with van der Waals surface area (Å²) < 4.78 is 0. The Morgan fingerprint density at radius 1 is 1.53 bits per heavy atom. The molecule has 2 rings (SSSR count). The lowest BCUT2D eigenvalue weighted by atomic mass is 9.82. The summed E-state index contributed by atoms with van der Waals surface area (Å²) in [5, 5.41) is 2.97. The van der Waals surface area contributed by atoms with Crippen LogP contribution >= 0.6 is 12.2 Å². The zero-order valence-electron chi connectivity index (χ0n) is 11.2. The molecule has 0 aliphatic heterocycles. The molecule has 1 aliphatic rings. The van der Waals surface area contributed by atoms with Crippen molar-refractivity contribution in [3.05, 3.63) is 35.4 Å². The second-order valence-corrected chi connectivity index (χ2v) is 5.49. The van der Waals surface area contributed by atoms with Crippen molar-refractivity contribution in [1.82, 2.24) is 5.32 Å². The third-order valence-corrected chi connectivity index (χ3v) is 4.04. The van der Waals surface area contributed by atoms with E-state index in [-0.39, 0.29) is 17.9 Å². The molecule has 0 radical (unpaired) electrons. The fraction of sp³-hybridized carbons (Fsp3) is 0.467. The molecule has 0 bridgehead atoms. The van der Waals surface area contributed by atoms with Crippen LogP contribution in [-0.2, 0) is 11.2 Å². The van der Waals surface area contributed by atoms with Gasteiger partial charge in [0.25, 0.3) is 0 Å². The van der Waals surface area contributed by atoms with Gasteiger partial charge in [0.2, 0.25) is 5.91 Å². The third-order valence-electron chi connectivity index (χ3n) is 3.75. The number of nitrogens with two attached hydrogens (primary N) is 1. The summed E-state index contributed by atoms with van der Waals surface area (Å²) in [6, 6.07) is 8.00. The lowest BCUT2D eigenvalue weighted by Crippen LogP contribution is -2.45. The van der Waals surface area contributed by atoms with E-state index < -0.39 is 0 Å². The summed E-state index contributed by atoms with van der Waals surface area (Å²) in [6.45, 7) is 1.97. The van der Waals surface area contributed by atoms with E-state index in [1.807, 2.05) is 19.1 Å². The number of rotatable bonds is 4. The van der Waals surface area contributed by atoms with E-state index in [4.69, 9.17) is 18.0 Å². The Kier molecular flexibility index (Phi) is 4.53. The van der Waals surface area contributed by atoms with Gasteiger partial charge in [-0.25, -0.2) is 0 Å². The number of benzene rings is 1. The number of thiocarbonyl (C=S) groups is 1. The van der Waals surface area contributed by atoms with Crippen LogP contribution in [0.2, 0.25) is 0 Å². The molecule has 1 amide bonds. The smallest absolute Gasteiger partial charge is 0.228 e. The number of fused-ring (bicyclic) bond motifs is 1. The second-order valence-electron chi connectivity index (χ2n) is 5.02. The van der Waals surface area contributed by atoms with Crippen LogP contribution in [0.4, 0.5) is 0 Å². The van der Waals surface area contributed by atoms with E-state index in [1.165, 1.54) is 5.56 Å². The SMILES string of the molecule is CCC(NC(=O)C1CCCc2ccccc21)C(N)=S. The highest BCUT2D eigenvalue weighted by Crippen LogP contribution is 2.31. The third kappa shape index (κ3) is 3.13. The maximum Gasteiger partial charge on any atom is 0.228 e. The van der Waals surface area contributed by atoms with Crippen molar-refractivity contribution in [2.45, 2.75) is 44.6 Å². The Balaban J connectivity index is 2.15. The van der Waals surface area contributed by atoms with Crippen molar-refractivity contribution >= 4 is 23.1 Å². The van der Waals surface area contributed by atoms with Crippen molar-refractivity contribution < 1.29 is 4.79 Å². The predicted octanol–water partition coefficient (Wildman–Crippen LogP) is 2.29. The van der Waals surface area contributed by atoms with Gasteiger partial charge in [-0.1, -0.05) is 43.4 Å². The fourth-order valence-corrected chi connectivity index (χ4v) is 2.90. The van der Waals surface area contributed by atoms with E-state index in [2.05, 4.69) is 17.4 Å². The average Bonchev–Trinajstić information content (AvgIpc) is 2.43. The van der Waals surface area contributed by atoms with Crippen LogP contribution in [0.25, 0.3) is 0 Å². The average molecular weight is 276 g/mol. The van der Waals surface area contributed by atoms with Crippen LogP contribution in [0.1, 0.15) is 43.2 Å². The summed E-state index contributed by atoms with van der Waals surface area (Å²) in [6.07, 6.45) is 3.75. The van der Waals surface area contributed by atoms with Crippen LogP contribution in [0.3, 0.4) is 0 Å². The first-order valence-electron chi connectivity index (χ1n) is 6.81. The summed E-state index contributed by atoms with van der Waals surface area (Å²) in [4.78, 5) is 12.8. The Bertz CT molecular complexity index is 487. The minimum absolute atomic E-state index is 0.0480. The molecule has 102 valence electrons. The predicted molar refractivity (Wildman–Crippen MR) is 81.1 cm³/mol. The maximum atomic E-state index is 12.4. The van der Waals surface area contributed by atoms with Crippen molar-refractivity contribution in [2.75, 3.05) is 0 Å². The van der Waals surface area contributed by atoms with Crippen molar-refractivity contribution in [3.63, 3.8) is 0 Å². The van der Waals surface area contributed by atoms with Gasteiger partial charge in [0.1, 0.15) is 0 Å². The van der Waals surface area contributed by atoms with Crippen LogP contribution in [0, 0.1) is 0 Å². The van der Waals surface area contributed by atoms with Gasteiger partial charge in [-0.2, -0.15) is 0 Å². The van der Waals surface area contributed by atoms with E-state index in [1.54, 1.807) is 0 Å². The van der Waals surface area contributed by atoms with Crippen LogP contribution in [0.15, 0.2) is 24.3 Å². The Hall–Kier alpha value is -1.42. The molecule has 0 fully saturated rings. The quantitative estimate of drug-likeness (QED) is 0.830. The topological polar surface area (TPSA) is 55.1 Å². The van der Waals surface area contributed by atoms with Crippen LogP contribution in [-0.4, -0.2) is 16.9 Å². The first-order chi connectivity index (χ1) is 9.13. The zero-order valence-corrected chi connectivity index (χ0v) is 12.0. The summed E-state index contributed by atoms with van der Waals surface area (Å²) in [5.41, 5.74) is 8.08. The lowest BCUT2D eigenvalue weighted by Gasteiger charge is -2.26. The molecule has 1 aliphatic carbocycles. The highest BCUT2D eigenvalue weighted by molar-refractivity contribution is 7.80. The minimum Gasteiger partial charge on any atom is -0.392 e. The molecule has 4 heteroatoms. The van der Waals surface area contributed by atoms with Gasteiger partial charge in [-0.05, 0) is 36.8 Å². The molecule has 1 aromatic carbocycles. The summed E-state index contributed by atoms with van der Waals surface area (Å²) >= 11 is 4.98. The Morgan fingerprint density at radius 2 is 2.26 bits per heavy atom. The molecule has 0 saturated heterocycles. The molecule has 0 spiro atoms. The molecule has 1 aromatic rings. The minimum atomic E-state index is -0.198. The van der Waals surface area contributed by atoms with Crippen molar-refractivity contribution in [3.8, 4) is 0 Å². The van der Waals surface area contributed by atoms with E-state index in [0.717, 1.165) is 31.2 Å². The highest BCUT2D eigenvalue weighted by atomic mass is 32.1. The van der Waals surface area contributed by atoms with Crippen LogP contribution < -0.4 is 11.1 Å². The number of hydrogen-bond acceptors (Lipinski definition) is 2. The van der Waals surface area contributed by atoms with Crippen LogP contribution in [0.5, 0.6) is 0 Å². The largest absolute Gasteiger partial charge is 0.392 e. The molecular weight excluding hydrogens is 256 g/mol. The van der Waals surface area contributed by atoms with Gasteiger partial charge in [-0.3, -0.25) is 4.79 Å². The number of aryl methyl sites for hydroxylation is 1. The van der Waals surface area contributed by atoms with E-state index in [0.29, 0.717) is 4.99 Å². The van der Waals surface area contributed by atoms with Gasteiger partial charge >= 0.3 is 0 Å². The molecular formula is C15H20N2OS. The molecule has 19 heavy (non-hydrogen) atoms. The normalized spacial score (nSPS) is 19.3. The first-order valence-corrected chi connectivity index (χ1v) is 7.21. The Morgan fingerprint density at radius 3 is 2.95 bits per heavy atom. The van der Waals surface area contributed by atoms with Crippen molar-refractivity contribution in [1.29, 1.82) is 0 Å². The van der Waals surface area contributed by atoms with E-state index >= 15 is 0 Å². The van der Waals surface area contributed by atoms with Crippen molar-refractivity contribution in [2.24, 2.45) is 5.73 Å². The maximum absolute atomic E-state index is 12.4. The monoisotopic (exact) mass is 276 g/mol. The molecule has 3 nitrogen and oxygen atoms in total. The van der Waals surface area contributed by atoms with Gasteiger partial charge in [0.15, 0.2) is 0 Å². The molecule has 3 N–H and O–H groups in total. The summed E-state index contributed by atoms with van der Waals surface area (Å²) in [5.74, 6) is -0.0138. The molecule has 0 heterocycles. The van der Waals surface area contributed by atoms with Gasteiger partial charge < -0.3 is 11.1 Å². The van der Waals surface area contributed by atoms with Gasteiger partial charge in [0, 0.05) is 0 Å². The summed E-state index contributed by atoms with van der Waals surface area (Å²) in [7, 11) is 0. The van der Waals surface area contributed by atoms with Gasteiger partial charge in [0.05, 0.1) is 16.9 Å². The van der Waals surface area contributed by atoms with E-state index in [9.17, 15) is 4.79 Å². The molecule has 0 aromatic heterocycles. The Labute approximate surface area is 119 Å². The number of hydrogen-bond donors (Lipinski definition) is 2.